The Balaban J connectivity index is 1.38. The topological polar surface area (TPSA) is 65.5 Å². The predicted octanol–water partition coefficient (Wildman–Crippen LogP) is 4.56. The van der Waals surface area contributed by atoms with Gasteiger partial charge in [0.2, 0.25) is 5.91 Å². The Hall–Kier alpha value is -3.42. The van der Waals surface area contributed by atoms with Gasteiger partial charge in [-0.25, -0.2) is 4.98 Å². The van der Waals surface area contributed by atoms with Crippen molar-refractivity contribution in [2.24, 2.45) is 0 Å². The first-order valence-corrected chi connectivity index (χ1v) is 11.9. The van der Waals surface area contributed by atoms with Crippen molar-refractivity contribution in [3.05, 3.63) is 94.5 Å². The molecule has 2 amide bonds. The van der Waals surface area contributed by atoms with Crippen molar-refractivity contribution in [2.45, 2.75) is 5.66 Å². The number of anilines is 1. The third-order valence-electron chi connectivity index (χ3n) is 6.34. The van der Waals surface area contributed by atoms with E-state index in [4.69, 9.17) is 11.6 Å². The maximum absolute atomic E-state index is 13.6. The normalized spacial score (nSPS) is 19.1. The molecular weight excluding hydrogens is 456 g/mol. The number of benzene rings is 3. The SMILES string of the molecule is O=C(CNc1nc2ccccc2s1)N1CCN2C(=O)c3ccccc3C12c1ccc(Cl)cc1. The molecule has 6 rings (SSSR count). The Morgan fingerprint density at radius 2 is 1.79 bits per heavy atom. The van der Waals surface area contributed by atoms with Crippen LogP contribution in [-0.2, 0) is 10.5 Å². The Labute approximate surface area is 199 Å². The van der Waals surface area contributed by atoms with Crippen LogP contribution >= 0.6 is 22.9 Å². The molecule has 1 N–H and O–H groups in total. The van der Waals surface area contributed by atoms with Crippen molar-refractivity contribution in [1.82, 2.24) is 14.8 Å². The predicted molar refractivity (Wildman–Crippen MR) is 130 cm³/mol. The van der Waals surface area contributed by atoms with Crippen LogP contribution in [0.15, 0.2) is 72.8 Å². The molecule has 2 aliphatic rings. The van der Waals surface area contributed by atoms with Gasteiger partial charge in [-0.3, -0.25) is 9.59 Å². The standard InChI is InChI=1S/C25H19ClN4O2S/c26-17-11-9-16(10-12-17)25-19-6-2-1-5-18(19)23(32)30(25)14-13-29(25)22(31)15-27-24-28-20-7-3-4-8-21(20)33-24/h1-12H,13-15H2,(H,27,28). The first kappa shape index (κ1) is 20.2. The Morgan fingerprint density at radius 3 is 2.61 bits per heavy atom. The number of para-hydroxylation sites is 1. The number of hydrogen-bond donors (Lipinski definition) is 1. The van der Waals surface area contributed by atoms with E-state index in [1.54, 1.807) is 21.9 Å². The minimum absolute atomic E-state index is 0.0602. The van der Waals surface area contributed by atoms with Crippen LogP contribution < -0.4 is 5.32 Å². The number of thiazole rings is 1. The average Bonchev–Trinajstić information content (AvgIpc) is 3.50. The number of carbonyl (C=O) groups excluding carboxylic acids is 2. The van der Waals surface area contributed by atoms with Gasteiger partial charge in [0, 0.05) is 34.8 Å². The summed E-state index contributed by atoms with van der Waals surface area (Å²) in [6.45, 7) is 0.992. The lowest BCUT2D eigenvalue weighted by Gasteiger charge is -2.40. The summed E-state index contributed by atoms with van der Waals surface area (Å²) in [5.41, 5.74) is 2.21. The Morgan fingerprint density at radius 1 is 1.03 bits per heavy atom. The fourth-order valence-electron chi connectivity index (χ4n) is 4.98. The number of aromatic nitrogens is 1. The van der Waals surface area contributed by atoms with Crippen molar-refractivity contribution >= 4 is 50.1 Å². The molecule has 3 aromatic carbocycles. The second-order valence-corrected chi connectivity index (χ2v) is 9.53. The van der Waals surface area contributed by atoms with Crippen LogP contribution in [0.1, 0.15) is 21.5 Å². The number of nitrogens with one attached hydrogen (secondary N) is 1. The van der Waals surface area contributed by atoms with E-state index in [1.807, 2.05) is 60.7 Å². The zero-order valence-electron chi connectivity index (χ0n) is 17.5. The first-order valence-electron chi connectivity index (χ1n) is 10.7. The summed E-state index contributed by atoms with van der Waals surface area (Å²) in [6, 6.07) is 22.8. The molecule has 0 radical (unpaired) electrons. The second-order valence-electron chi connectivity index (χ2n) is 8.07. The zero-order chi connectivity index (χ0) is 22.6. The summed E-state index contributed by atoms with van der Waals surface area (Å²) in [5, 5.41) is 4.50. The molecule has 3 heterocycles. The number of nitrogens with zero attached hydrogens (tertiary/aromatic N) is 3. The molecule has 1 fully saturated rings. The summed E-state index contributed by atoms with van der Waals surface area (Å²) in [7, 11) is 0. The van der Waals surface area contributed by atoms with E-state index in [0.717, 1.165) is 21.3 Å². The highest BCUT2D eigenvalue weighted by Crippen LogP contribution is 2.49. The zero-order valence-corrected chi connectivity index (χ0v) is 19.1. The van der Waals surface area contributed by atoms with Gasteiger partial charge in [0.1, 0.15) is 0 Å². The molecule has 1 saturated heterocycles. The molecule has 1 aromatic heterocycles. The minimum atomic E-state index is -0.982. The number of rotatable bonds is 4. The van der Waals surface area contributed by atoms with E-state index < -0.39 is 5.66 Å². The monoisotopic (exact) mass is 474 g/mol. The molecule has 0 aliphatic carbocycles. The van der Waals surface area contributed by atoms with Crippen molar-refractivity contribution in [1.29, 1.82) is 0 Å². The number of carbonyl (C=O) groups is 2. The molecular formula is C25H19ClN4O2S. The molecule has 0 saturated carbocycles. The molecule has 2 aliphatic heterocycles. The van der Waals surface area contributed by atoms with E-state index in [1.165, 1.54) is 11.3 Å². The lowest BCUT2D eigenvalue weighted by molar-refractivity contribution is -0.134. The maximum Gasteiger partial charge on any atom is 0.256 e. The summed E-state index contributed by atoms with van der Waals surface area (Å²) < 4.78 is 1.06. The van der Waals surface area contributed by atoms with Gasteiger partial charge in [-0.15, -0.1) is 0 Å². The van der Waals surface area contributed by atoms with Crippen LogP contribution in [0.3, 0.4) is 0 Å². The van der Waals surface area contributed by atoms with Gasteiger partial charge in [-0.1, -0.05) is 65.4 Å². The van der Waals surface area contributed by atoms with Crippen molar-refractivity contribution < 1.29 is 9.59 Å². The molecule has 1 atom stereocenters. The number of fused-ring (bicyclic) bond motifs is 4. The van der Waals surface area contributed by atoms with Crippen LogP contribution in [-0.4, -0.2) is 46.2 Å². The fraction of sp³-hybridized carbons (Fsp3) is 0.160. The van der Waals surface area contributed by atoms with Gasteiger partial charge in [0.25, 0.3) is 5.91 Å². The maximum atomic E-state index is 13.6. The highest BCUT2D eigenvalue weighted by Gasteiger charge is 2.59. The second kappa shape index (κ2) is 7.57. The third kappa shape index (κ3) is 2.96. The molecule has 33 heavy (non-hydrogen) atoms. The molecule has 0 spiro atoms. The van der Waals surface area contributed by atoms with Gasteiger partial charge < -0.3 is 15.1 Å². The molecule has 6 nitrogen and oxygen atoms in total. The van der Waals surface area contributed by atoms with Crippen LogP contribution in [0.25, 0.3) is 10.2 Å². The van der Waals surface area contributed by atoms with Crippen LogP contribution in [0.5, 0.6) is 0 Å². The third-order valence-corrected chi connectivity index (χ3v) is 7.59. The van der Waals surface area contributed by atoms with Gasteiger partial charge in [-0.05, 0) is 30.3 Å². The van der Waals surface area contributed by atoms with Gasteiger partial charge in [-0.2, -0.15) is 0 Å². The van der Waals surface area contributed by atoms with Crippen molar-refractivity contribution in [3.63, 3.8) is 0 Å². The average molecular weight is 475 g/mol. The summed E-state index contributed by atoms with van der Waals surface area (Å²) >= 11 is 7.68. The molecule has 8 heteroatoms. The first-order chi connectivity index (χ1) is 16.1. The lowest BCUT2D eigenvalue weighted by atomic mass is 9.90. The van der Waals surface area contributed by atoms with E-state index in [2.05, 4.69) is 10.3 Å². The quantitative estimate of drug-likeness (QED) is 0.471. The van der Waals surface area contributed by atoms with Crippen molar-refractivity contribution in [3.8, 4) is 0 Å². The molecule has 0 bridgehead atoms. The highest BCUT2D eigenvalue weighted by molar-refractivity contribution is 7.22. The van der Waals surface area contributed by atoms with Crippen LogP contribution in [0, 0.1) is 0 Å². The number of amides is 2. The Kier molecular flexibility index (Phi) is 4.64. The van der Waals surface area contributed by atoms with E-state index in [9.17, 15) is 9.59 Å². The molecule has 164 valence electrons. The summed E-state index contributed by atoms with van der Waals surface area (Å²) in [4.78, 5) is 35.1. The van der Waals surface area contributed by atoms with Gasteiger partial charge in [0.05, 0.1) is 16.8 Å². The fourth-order valence-corrected chi connectivity index (χ4v) is 5.96. The number of halogens is 1. The van der Waals surface area contributed by atoms with Crippen LogP contribution in [0.2, 0.25) is 5.02 Å². The summed E-state index contributed by atoms with van der Waals surface area (Å²) in [5.74, 6) is -0.161. The highest BCUT2D eigenvalue weighted by atomic mass is 35.5. The largest absolute Gasteiger partial charge is 0.352 e. The number of hydrogen-bond acceptors (Lipinski definition) is 5. The smallest absolute Gasteiger partial charge is 0.256 e. The van der Waals surface area contributed by atoms with E-state index in [0.29, 0.717) is 28.8 Å². The van der Waals surface area contributed by atoms with E-state index in [-0.39, 0.29) is 18.4 Å². The molecule has 1 unspecified atom stereocenters. The van der Waals surface area contributed by atoms with E-state index >= 15 is 0 Å². The van der Waals surface area contributed by atoms with Gasteiger partial charge in [0.15, 0.2) is 10.8 Å². The van der Waals surface area contributed by atoms with Crippen LogP contribution in [0.4, 0.5) is 5.13 Å². The summed E-state index contributed by atoms with van der Waals surface area (Å²) in [6.07, 6.45) is 0. The van der Waals surface area contributed by atoms with Crippen molar-refractivity contribution in [2.75, 3.05) is 25.0 Å². The minimum Gasteiger partial charge on any atom is -0.352 e. The van der Waals surface area contributed by atoms with Gasteiger partial charge >= 0.3 is 0 Å². The Bertz CT molecular complexity index is 1370. The molecule has 4 aromatic rings. The lowest BCUT2D eigenvalue weighted by Crippen LogP contribution is -2.52.